The van der Waals surface area contributed by atoms with Crippen molar-refractivity contribution in [3.8, 4) is 5.75 Å². The first-order valence-corrected chi connectivity index (χ1v) is 11.1. The van der Waals surface area contributed by atoms with Gasteiger partial charge in [0.25, 0.3) is 15.9 Å². The van der Waals surface area contributed by atoms with Gasteiger partial charge in [-0.2, -0.15) is 0 Å². The van der Waals surface area contributed by atoms with Gasteiger partial charge in [0.05, 0.1) is 11.6 Å². The fraction of sp³-hybridized carbons (Fsp3) is 0.136. The number of amides is 1. The highest BCUT2D eigenvalue weighted by molar-refractivity contribution is 7.92. The molecule has 0 radical (unpaired) electrons. The normalized spacial score (nSPS) is 11.0. The lowest BCUT2D eigenvalue weighted by Gasteiger charge is -2.12. The van der Waals surface area contributed by atoms with Crippen molar-refractivity contribution in [1.82, 2.24) is 0 Å². The van der Waals surface area contributed by atoms with Crippen molar-refractivity contribution in [3.63, 3.8) is 0 Å². The summed E-state index contributed by atoms with van der Waals surface area (Å²) in [5.41, 5.74) is 2.13. The number of aryl methyl sites for hydroxylation is 1. The van der Waals surface area contributed by atoms with Gasteiger partial charge >= 0.3 is 0 Å². The number of benzene rings is 3. The first kappa shape index (κ1) is 21.7. The van der Waals surface area contributed by atoms with Crippen molar-refractivity contribution >= 4 is 38.9 Å². The van der Waals surface area contributed by atoms with Crippen molar-refractivity contribution in [2.75, 3.05) is 16.6 Å². The molecule has 3 rings (SSSR count). The lowest BCUT2D eigenvalue weighted by molar-refractivity contribution is 0.102. The summed E-state index contributed by atoms with van der Waals surface area (Å²) >= 11 is 6.12. The van der Waals surface area contributed by atoms with Crippen LogP contribution in [0.1, 0.15) is 22.8 Å². The number of anilines is 2. The number of hydrogen-bond donors (Lipinski definition) is 2. The molecule has 1 amide bonds. The topological polar surface area (TPSA) is 84.5 Å². The molecule has 0 aromatic heterocycles. The maximum atomic E-state index is 12.8. The van der Waals surface area contributed by atoms with E-state index in [-0.39, 0.29) is 15.5 Å². The van der Waals surface area contributed by atoms with Crippen molar-refractivity contribution in [1.29, 1.82) is 0 Å². The average Bonchev–Trinajstić information content (AvgIpc) is 2.71. The quantitative estimate of drug-likeness (QED) is 0.531. The zero-order valence-electron chi connectivity index (χ0n) is 16.5. The molecule has 0 aliphatic heterocycles. The summed E-state index contributed by atoms with van der Waals surface area (Å²) in [5, 5.41) is 2.75. The molecular weight excluding hydrogens is 424 g/mol. The molecule has 0 bridgehead atoms. The average molecular weight is 445 g/mol. The first-order chi connectivity index (χ1) is 14.3. The maximum absolute atomic E-state index is 12.8. The van der Waals surface area contributed by atoms with Gasteiger partial charge in [0, 0.05) is 16.9 Å². The zero-order valence-corrected chi connectivity index (χ0v) is 18.0. The van der Waals surface area contributed by atoms with E-state index in [2.05, 4.69) is 10.0 Å². The second kappa shape index (κ2) is 9.19. The summed E-state index contributed by atoms with van der Waals surface area (Å²) in [7, 11) is -3.98. The Balaban J connectivity index is 1.81. The van der Waals surface area contributed by atoms with Crippen LogP contribution in [0.4, 0.5) is 11.4 Å². The van der Waals surface area contributed by atoms with Crippen LogP contribution in [0.5, 0.6) is 5.75 Å². The molecular formula is C22H21ClN2O4S. The Kier molecular flexibility index (Phi) is 6.64. The number of nitrogens with one attached hydrogen (secondary N) is 2. The van der Waals surface area contributed by atoms with E-state index in [1.165, 1.54) is 18.2 Å². The standard InChI is InChI=1S/C22H21ClN2O4S/c1-3-29-19-11-9-17(10-12-19)24-22(26)16-6-13-20(23)21(14-16)30(27,28)25-18-7-4-15(2)5-8-18/h4-14,25H,3H2,1-2H3,(H,24,26). The fourth-order valence-electron chi connectivity index (χ4n) is 2.69. The van der Waals surface area contributed by atoms with Crippen LogP contribution >= 0.6 is 11.6 Å². The van der Waals surface area contributed by atoms with Crippen LogP contribution in [0.2, 0.25) is 5.02 Å². The number of carbonyl (C=O) groups is 1. The smallest absolute Gasteiger partial charge is 0.263 e. The van der Waals surface area contributed by atoms with Gasteiger partial charge in [-0.3, -0.25) is 9.52 Å². The molecule has 3 aromatic rings. The molecule has 0 heterocycles. The highest BCUT2D eigenvalue weighted by Crippen LogP contribution is 2.26. The number of ether oxygens (including phenoxy) is 1. The molecule has 0 atom stereocenters. The fourth-order valence-corrected chi connectivity index (χ4v) is 4.27. The summed E-state index contributed by atoms with van der Waals surface area (Å²) in [4.78, 5) is 12.4. The van der Waals surface area contributed by atoms with E-state index >= 15 is 0 Å². The molecule has 0 fully saturated rings. The lowest BCUT2D eigenvalue weighted by Crippen LogP contribution is -2.16. The predicted molar refractivity (Wildman–Crippen MR) is 119 cm³/mol. The SMILES string of the molecule is CCOc1ccc(NC(=O)c2ccc(Cl)c(S(=O)(=O)Nc3ccc(C)cc3)c2)cc1. The van der Waals surface area contributed by atoms with Gasteiger partial charge in [0.2, 0.25) is 0 Å². The van der Waals surface area contributed by atoms with E-state index in [4.69, 9.17) is 16.3 Å². The van der Waals surface area contributed by atoms with Gasteiger partial charge < -0.3 is 10.1 Å². The minimum absolute atomic E-state index is 0.0206. The van der Waals surface area contributed by atoms with Gasteiger partial charge in [-0.25, -0.2) is 8.42 Å². The number of hydrogen-bond acceptors (Lipinski definition) is 4. The molecule has 6 nitrogen and oxygen atoms in total. The third-order valence-corrected chi connectivity index (χ3v) is 6.07. The van der Waals surface area contributed by atoms with Crippen molar-refractivity contribution < 1.29 is 17.9 Å². The maximum Gasteiger partial charge on any atom is 0.263 e. The van der Waals surface area contributed by atoms with Crippen molar-refractivity contribution in [2.45, 2.75) is 18.7 Å². The summed E-state index contributed by atoms with van der Waals surface area (Å²) in [6, 6.07) is 17.9. The van der Waals surface area contributed by atoms with E-state index in [0.29, 0.717) is 23.7 Å². The Morgan fingerprint density at radius 1 is 0.967 bits per heavy atom. The molecule has 8 heteroatoms. The monoisotopic (exact) mass is 444 g/mol. The minimum Gasteiger partial charge on any atom is -0.494 e. The number of halogens is 1. The van der Waals surface area contributed by atoms with Crippen LogP contribution in [0, 0.1) is 6.92 Å². The van der Waals surface area contributed by atoms with Gasteiger partial charge in [0.1, 0.15) is 10.6 Å². The summed E-state index contributed by atoms with van der Waals surface area (Å²) in [6.07, 6.45) is 0. The Morgan fingerprint density at radius 2 is 1.60 bits per heavy atom. The van der Waals surface area contributed by atoms with Crippen LogP contribution in [0.25, 0.3) is 0 Å². The molecule has 3 aromatic carbocycles. The first-order valence-electron chi connectivity index (χ1n) is 9.22. The molecule has 0 aliphatic carbocycles. The molecule has 0 spiro atoms. The number of rotatable bonds is 7. The largest absolute Gasteiger partial charge is 0.494 e. The van der Waals surface area contributed by atoms with E-state index in [1.54, 1.807) is 48.5 Å². The molecule has 0 saturated heterocycles. The van der Waals surface area contributed by atoms with Crippen LogP contribution in [-0.4, -0.2) is 20.9 Å². The summed E-state index contributed by atoms with van der Waals surface area (Å²) in [6.45, 7) is 4.33. The van der Waals surface area contributed by atoms with Crippen LogP contribution in [-0.2, 0) is 10.0 Å². The van der Waals surface area contributed by atoms with Gasteiger partial charge in [0.15, 0.2) is 0 Å². The summed E-state index contributed by atoms with van der Waals surface area (Å²) in [5.74, 6) is 0.236. The van der Waals surface area contributed by atoms with E-state index in [9.17, 15) is 13.2 Å². The van der Waals surface area contributed by atoms with Gasteiger partial charge in [-0.05, 0) is 68.4 Å². The highest BCUT2D eigenvalue weighted by atomic mass is 35.5. The van der Waals surface area contributed by atoms with Crippen LogP contribution in [0.15, 0.2) is 71.6 Å². The van der Waals surface area contributed by atoms with E-state index in [1.807, 2.05) is 13.8 Å². The Bertz CT molecular complexity index is 1140. The van der Waals surface area contributed by atoms with Gasteiger partial charge in [-0.1, -0.05) is 29.3 Å². The van der Waals surface area contributed by atoms with Crippen LogP contribution < -0.4 is 14.8 Å². The molecule has 156 valence electrons. The minimum atomic E-state index is -3.98. The van der Waals surface area contributed by atoms with Crippen LogP contribution in [0.3, 0.4) is 0 Å². The lowest BCUT2D eigenvalue weighted by atomic mass is 10.2. The number of carbonyl (C=O) groups excluding carboxylic acids is 1. The third-order valence-electron chi connectivity index (χ3n) is 4.21. The third kappa shape index (κ3) is 5.31. The second-order valence-corrected chi connectivity index (χ2v) is 8.59. The highest BCUT2D eigenvalue weighted by Gasteiger charge is 2.20. The Hall–Kier alpha value is -3.03. The molecule has 0 aliphatic rings. The van der Waals surface area contributed by atoms with E-state index in [0.717, 1.165) is 5.56 Å². The summed E-state index contributed by atoms with van der Waals surface area (Å²) < 4.78 is 33.4. The van der Waals surface area contributed by atoms with E-state index < -0.39 is 15.9 Å². The molecule has 0 saturated carbocycles. The van der Waals surface area contributed by atoms with Crippen molar-refractivity contribution in [2.24, 2.45) is 0 Å². The zero-order chi connectivity index (χ0) is 21.7. The Labute approximate surface area is 180 Å². The molecule has 2 N–H and O–H groups in total. The molecule has 30 heavy (non-hydrogen) atoms. The second-order valence-electron chi connectivity index (χ2n) is 6.53. The van der Waals surface area contributed by atoms with Crippen molar-refractivity contribution in [3.05, 3.63) is 82.9 Å². The Morgan fingerprint density at radius 3 is 2.23 bits per heavy atom. The van der Waals surface area contributed by atoms with Gasteiger partial charge in [-0.15, -0.1) is 0 Å². The number of sulfonamides is 1. The predicted octanol–water partition coefficient (Wildman–Crippen LogP) is 5.10. The molecule has 0 unspecified atom stereocenters.